The molecule has 0 saturated heterocycles. The van der Waals surface area contributed by atoms with Crippen LogP contribution in [0.4, 0.5) is 0 Å². The van der Waals surface area contributed by atoms with Gasteiger partial charge in [-0.05, 0) is 42.0 Å². The highest BCUT2D eigenvalue weighted by Gasteiger charge is 2.27. The van der Waals surface area contributed by atoms with Crippen molar-refractivity contribution < 1.29 is 17.9 Å². The van der Waals surface area contributed by atoms with Crippen molar-refractivity contribution in [2.24, 2.45) is 0 Å². The molecular formula is C23H31NO4S2. The lowest BCUT2D eigenvalue weighted by Gasteiger charge is -2.23. The topological polar surface area (TPSA) is 72.5 Å². The number of sulfonamides is 1. The number of benzene rings is 2. The van der Waals surface area contributed by atoms with Crippen molar-refractivity contribution in [1.82, 2.24) is 4.72 Å². The summed E-state index contributed by atoms with van der Waals surface area (Å²) in [4.78, 5) is 12.5. The predicted octanol–water partition coefficient (Wildman–Crippen LogP) is 4.52. The SMILES string of the molecule is CCOC(=O)C(CSCc1ccccc1)NS(=O)(=O)c1ccc(C(C)(C)CC)cc1. The van der Waals surface area contributed by atoms with E-state index in [4.69, 9.17) is 4.74 Å². The van der Waals surface area contributed by atoms with Gasteiger partial charge in [-0.1, -0.05) is 63.2 Å². The number of ether oxygens (including phenoxy) is 1. The minimum atomic E-state index is -3.85. The fraction of sp³-hybridized carbons (Fsp3) is 0.435. The Kier molecular flexibility index (Phi) is 8.94. The van der Waals surface area contributed by atoms with Crippen molar-refractivity contribution in [3.63, 3.8) is 0 Å². The molecule has 0 amide bonds. The third-order valence-electron chi connectivity index (χ3n) is 5.09. The van der Waals surface area contributed by atoms with Gasteiger partial charge in [-0.2, -0.15) is 16.5 Å². The Bertz CT molecular complexity index is 910. The average molecular weight is 450 g/mol. The van der Waals surface area contributed by atoms with Crippen molar-refractivity contribution >= 4 is 27.8 Å². The molecule has 1 atom stereocenters. The van der Waals surface area contributed by atoms with Crippen LogP contribution < -0.4 is 4.72 Å². The largest absolute Gasteiger partial charge is 0.465 e. The van der Waals surface area contributed by atoms with Crippen molar-refractivity contribution in [2.75, 3.05) is 12.4 Å². The maximum Gasteiger partial charge on any atom is 0.325 e. The summed E-state index contributed by atoms with van der Waals surface area (Å²) in [7, 11) is -3.85. The fourth-order valence-corrected chi connectivity index (χ4v) is 5.10. The van der Waals surface area contributed by atoms with Gasteiger partial charge in [0.05, 0.1) is 11.5 Å². The van der Waals surface area contributed by atoms with Crippen LogP contribution in [0.2, 0.25) is 0 Å². The van der Waals surface area contributed by atoms with Gasteiger partial charge in [0.15, 0.2) is 0 Å². The van der Waals surface area contributed by atoms with E-state index in [9.17, 15) is 13.2 Å². The summed E-state index contributed by atoms with van der Waals surface area (Å²) in [5.74, 6) is 0.401. The Morgan fingerprint density at radius 3 is 2.27 bits per heavy atom. The van der Waals surface area contributed by atoms with E-state index in [1.165, 1.54) is 11.8 Å². The molecule has 0 fully saturated rings. The first kappa shape index (κ1) is 24.4. The smallest absolute Gasteiger partial charge is 0.325 e. The average Bonchev–Trinajstić information content (AvgIpc) is 2.74. The quantitative estimate of drug-likeness (QED) is 0.511. The normalized spacial score (nSPS) is 13.1. The van der Waals surface area contributed by atoms with E-state index in [1.807, 2.05) is 42.5 Å². The van der Waals surface area contributed by atoms with E-state index in [2.05, 4.69) is 25.5 Å². The first-order chi connectivity index (χ1) is 14.2. The lowest BCUT2D eigenvalue weighted by atomic mass is 9.82. The number of carbonyl (C=O) groups is 1. The van der Waals surface area contributed by atoms with Crippen LogP contribution in [-0.2, 0) is 30.7 Å². The zero-order valence-electron chi connectivity index (χ0n) is 18.1. The number of nitrogens with one attached hydrogen (secondary N) is 1. The highest BCUT2D eigenvalue weighted by molar-refractivity contribution is 7.98. The molecule has 2 rings (SSSR count). The Balaban J connectivity index is 2.11. The molecule has 0 aliphatic carbocycles. The molecule has 0 aliphatic rings. The fourth-order valence-electron chi connectivity index (χ4n) is 2.81. The Hall–Kier alpha value is -1.83. The molecule has 5 nitrogen and oxygen atoms in total. The first-order valence-electron chi connectivity index (χ1n) is 10.1. The van der Waals surface area contributed by atoms with Crippen LogP contribution in [0.1, 0.15) is 45.2 Å². The molecule has 164 valence electrons. The van der Waals surface area contributed by atoms with Crippen LogP contribution in [0.5, 0.6) is 0 Å². The molecule has 30 heavy (non-hydrogen) atoms. The van der Waals surface area contributed by atoms with Crippen LogP contribution in [0.25, 0.3) is 0 Å². The van der Waals surface area contributed by atoms with E-state index in [0.29, 0.717) is 5.75 Å². The molecule has 0 saturated carbocycles. The molecule has 2 aromatic rings. The number of rotatable bonds is 11. The van der Waals surface area contributed by atoms with Gasteiger partial charge in [0.25, 0.3) is 0 Å². The van der Waals surface area contributed by atoms with Crippen molar-refractivity contribution in [3.8, 4) is 0 Å². The second-order valence-corrected chi connectivity index (χ2v) is 10.4. The minimum absolute atomic E-state index is 0.0305. The van der Waals surface area contributed by atoms with Crippen molar-refractivity contribution in [1.29, 1.82) is 0 Å². The summed E-state index contributed by atoms with van der Waals surface area (Å²) in [6.07, 6.45) is 0.945. The summed E-state index contributed by atoms with van der Waals surface area (Å²) < 4.78 is 33.4. The molecule has 0 radical (unpaired) electrons. The molecule has 0 spiro atoms. The van der Waals surface area contributed by atoms with Gasteiger partial charge in [-0.3, -0.25) is 4.79 Å². The molecule has 1 unspecified atom stereocenters. The Morgan fingerprint density at radius 2 is 1.70 bits per heavy atom. The molecule has 7 heteroatoms. The van der Waals surface area contributed by atoms with Crippen LogP contribution in [0.15, 0.2) is 59.5 Å². The van der Waals surface area contributed by atoms with E-state index in [1.54, 1.807) is 19.1 Å². The number of hydrogen-bond acceptors (Lipinski definition) is 5. The Morgan fingerprint density at radius 1 is 1.07 bits per heavy atom. The second-order valence-electron chi connectivity index (χ2n) is 7.69. The molecule has 0 bridgehead atoms. The monoisotopic (exact) mass is 449 g/mol. The van der Waals surface area contributed by atoms with Gasteiger partial charge in [0, 0.05) is 11.5 Å². The molecule has 0 aromatic heterocycles. The highest BCUT2D eigenvalue weighted by Crippen LogP contribution is 2.27. The maximum absolute atomic E-state index is 12.9. The lowest BCUT2D eigenvalue weighted by Crippen LogP contribution is -2.43. The lowest BCUT2D eigenvalue weighted by molar-refractivity contribution is -0.144. The Labute approximate surface area is 184 Å². The maximum atomic E-state index is 12.9. The standard InChI is InChI=1S/C23H31NO4S2/c1-5-23(3,4)19-12-14-20(15-13-19)30(26,27)24-21(22(25)28-6-2)17-29-16-18-10-8-7-9-11-18/h7-15,21,24H,5-6,16-17H2,1-4H3. The van der Waals surface area contributed by atoms with E-state index >= 15 is 0 Å². The van der Waals surface area contributed by atoms with Gasteiger partial charge in [-0.15, -0.1) is 0 Å². The number of carbonyl (C=O) groups excluding carboxylic acids is 1. The van der Waals surface area contributed by atoms with E-state index in [0.717, 1.165) is 17.5 Å². The summed E-state index contributed by atoms with van der Waals surface area (Å²) in [5, 5.41) is 0. The molecule has 1 N–H and O–H groups in total. The van der Waals surface area contributed by atoms with Crippen molar-refractivity contribution in [2.45, 2.75) is 56.2 Å². The number of hydrogen-bond donors (Lipinski definition) is 1. The van der Waals surface area contributed by atoms with Crippen molar-refractivity contribution in [3.05, 3.63) is 65.7 Å². The molecule has 0 aliphatic heterocycles. The zero-order valence-corrected chi connectivity index (χ0v) is 19.7. The van der Waals surface area contributed by atoms with Crippen LogP contribution >= 0.6 is 11.8 Å². The van der Waals surface area contributed by atoms with E-state index in [-0.39, 0.29) is 22.7 Å². The van der Waals surface area contributed by atoms with Gasteiger partial charge in [0.1, 0.15) is 6.04 Å². The second kappa shape index (κ2) is 11.0. The molecule has 2 aromatic carbocycles. The van der Waals surface area contributed by atoms with Crippen LogP contribution in [-0.4, -0.2) is 32.8 Å². The summed E-state index contributed by atoms with van der Waals surface area (Å²) in [6, 6.07) is 15.7. The van der Waals surface area contributed by atoms with E-state index < -0.39 is 22.0 Å². The minimum Gasteiger partial charge on any atom is -0.465 e. The summed E-state index contributed by atoms with van der Waals surface area (Å²) >= 11 is 1.49. The van der Waals surface area contributed by atoms with Gasteiger partial charge in [0.2, 0.25) is 10.0 Å². The third-order valence-corrected chi connectivity index (χ3v) is 7.69. The number of esters is 1. The molecular weight excluding hydrogens is 418 g/mol. The summed E-state index contributed by atoms with van der Waals surface area (Å²) in [5.41, 5.74) is 2.16. The summed E-state index contributed by atoms with van der Waals surface area (Å²) in [6.45, 7) is 8.24. The van der Waals surface area contributed by atoms with Crippen LogP contribution in [0, 0.1) is 0 Å². The van der Waals surface area contributed by atoms with Gasteiger partial charge < -0.3 is 4.74 Å². The van der Waals surface area contributed by atoms with Gasteiger partial charge >= 0.3 is 5.97 Å². The zero-order chi connectivity index (χ0) is 22.2. The predicted molar refractivity (Wildman–Crippen MR) is 123 cm³/mol. The van der Waals surface area contributed by atoms with Crippen LogP contribution in [0.3, 0.4) is 0 Å². The highest BCUT2D eigenvalue weighted by atomic mass is 32.2. The van der Waals surface area contributed by atoms with Gasteiger partial charge in [-0.25, -0.2) is 8.42 Å². The number of thioether (sulfide) groups is 1. The first-order valence-corrected chi connectivity index (χ1v) is 12.7. The molecule has 0 heterocycles. The third kappa shape index (κ3) is 6.86.